The summed E-state index contributed by atoms with van der Waals surface area (Å²) in [6.07, 6.45) is 1.57. The smallest absolute Gasteiger partial charge is 0.272 e. The fraction of sp³-hybridized carbons (Fsp3) is 0. The maximum atomic E-state index is 12.6. The Labute approximate surface area is 182 Å². The number of benzene rings is 2. The van der Waals surface area contributed by atoms with Crippen molar-refractivity contribution < 1.29 is 18.0 Å². The zero-order chi connectivity index (χ0) is 21.7. The first-order chi connectivity index (χ1) is 14.3. The summed E-state index contributed by atoms with van der Waals surface area (Å²) in [6, 6.07) is 14.8. The van der Waals surface area contributed by atoms with Crippen LogP contribution < -0.4 is 15.6 Å². The number of aromatic nitrogens is 1. The van der Waals surface area contributed by atoms with Gasteiger partial charge < -0.3 is 4.98 Å². The molecule has 0 saturated carbocycles. The highest BCUT2D eigenvalue weighted by molar-refractivity contribution is 7.92. The molecule has 0 atom stereocenters. The van der Waals surface area contributed by atoms with Crippen LogP contribution in [0.15, 0.2) is 71.8 Å². The number of aromatic amines is 1. The molecule has 8 nitrogen and oxygen atoms in total. The topological polar surface area (TPSA) is 120 Å². The van der Waals surface area contributed by atoms with Crippen LogP contribution in [-0.2, 0) is 10.0 Å². The van der Waals surface area contributed by atoms with Gasteiger partial charge in [-0.05, 0) is 42.5 Å². The lowest BCUT2D eigenvalue weighted by atomic mass is 10.2. The van der Waals surface area contributed by atoms with Crippen LogP contribution in [0.25, 0.3) is 0 Å². The van der Waals surface area contributed by atoms with E-state index in [1.54, 1.807) is 30.5 Å². The van der Waals surface area contributed by atoms with Crippen molar-refractivity contribution in [2.75, 3.05) is 4.72 Å². The summed E-state index contributed by atoms with van der Waals surface area (Å²) >= 11 is 11.0. The maximum Gasteiger partial charge on any atom is 0.272 e. The largest absolute Gasteiger partial charge is 0.352 e. The zero-order valence-electron chi connectivity index (χ0n) is 15.2. The summed E-state index contributed by atoms with van der Waals surface area (Å²) in [5.74, 6) is -1.32. The first-order valence-corrected chi connectivity index (χ1v) is 10.7. The molecule has 1 aromatic heterocycles. The van der Waals surface area contributed by atoms with Gasteiger partial charge in [-0.2, -0.15) is 0 Å². The first-order valence-electron chi connectivity index (χ1n) is 8.44. The standard InChI is InChI=1S/C19H15ClN4O4S2/c20-15-8-1-2-9-16(15)24-30(27,28)13-6-3-5-12(11-13)17(25)22-23-18(26)14-7-4-10-21-19(14)29/h1-11,24H,(H,21,29)(H,22,25)(H,23,26). The van der Waals surface area contributed by atoms with E-state index in [-0.39, 0.29) is 31.4 Å². The SMILES string of the molecule is O=C(NNC(=O)c1ccc[nH]c1=S)c1cccc(S(=O)(=O)Nc2ccccc2Cl)c1. The van der Waals surface area contributed by atoms with Crippen molar-refractivity contribution in [2.45, 2.75) is 4.90 Å². The summed E-state index contributed by atoms with van der Waals surface area (Å²) in [5, 5.41) is 0.233. The van der Waals surface area contributed by atoms with E-state index in [4.69, 9.17) is 23.8 Å². The predicted octanol–water partition coefficient (Wildman–Crippen LogP) is 3.27. The number of hydrogen-bond donors (Lipinski definition) is 4. The lowest BCUT2D eigenvalue weighted by molar-refractivity contribution is 0.0846. The van der Waals surface area contributed by atoms with E-state index in [0.717, 1.165) is 0 Å². The molecule has 0 unspecified atom stereocenters. The summed E-state index contributed by atoms with van der Waals surface area (Å²) in [7, 11) is -3.99. The number of sulfonamides is 1. The van der Waals surface area contributed by atoms with Crippen LogP contribution >= 0.6 is 23.8 Å². The van der Waals surface area contributed by atoms with Gasteiger partial charge in [0.1, 0.15) is 4.64 Å². The zero-order valence-corrected chi connectivity index (χ0v) is 17.6. The van der Waals surface area contributed by atoms with Crippen LogP contribution in [-0.4, -0.2) is 25.2 Å². The number of anilines is 1. The van der Waals surface area contributed by atoms with Crippen molar-refractivity contribution in [3.8, 4) is 0 Å². The third-order valence-corrected chi connectivity index (χ3v) is 5.91. The van der Waals surface area contributed by atoms with Gasteiger partial charge in [0.2, 0.25) is 0 Å². The summed E-state index contributed by atoms with van der Waals surface area (Å²) < 4.78 is 27.8. The van der Waals surface area contributed by atoms with E-state index in [2.05, 4.69) is 20.6 Å². The molecular weight excluding hydrogens is 448 g/mol. The molecule has 0 radical (unpaired) electrons. The van der Waals surface area contributed by atoms with Crippen molar-refractivity contribution in [3.05, 3.63) is 87.7 Å². The molecule has 0 bridgehead atoms. The van der Waals surface area contributed by atoms with E-state index in [0.29, 0.717) is 0 Å². The summed E-state index contributed by atoms with van der Waals surface area (Å²) in [6.45, 7) is 0. The van der Waals surface area contributed by atoms with E-state index < -0.39 is 21.8 Å². The van der Waals surface area contributed by atoms with Crippen molar-refractivity contribution in [3.63, 3.8) is 0 Å². The second-order valence-electron chi connectivity index (χ2n) is 5.93. The monoisotopic (exact) mass is 462 g/mol. The van der Waals surface area contributed by atoms with Gasteiger partial charge in [-0.25, -0.2) is 8.42 Å². The fourth-order valence-corrected chi connectivity index (χ4v) is 4.00. The van der Waals surface area contributed by atoms with E-state index >= 15 is 0 Å². The average molecular weight is 463 g/mol. The van der Waals surface area contributed by atoms with Gasteiger partial charge in [0.15, 0.2) is 0 Å². The minimum Gasteiger partial charge on any atom is -0.352 e. The number of amides is 2. The van der Waals surface area contributed by atoms with Crippen LogP contribution in [0.5, 0.6) is 0 Å². The highest BCUT2D eigenvalue weighted by atomic mass is 35.5. The maximum absolute atomic E-state index is 12.6. The lowest BCUT2D eigenvalue weighted by Gasteiger charge is -2.11. The molecule has 4 N–H and O–H groups in total. The molecule has 2 aromatic carbocycles. The molecule has 0 fully saturated rings. The second-order valence-corrected chi connectivity index (χ2v) is 8.43. The molecule has 154 valence electrons. The highest BCUT2D eigenvalue weighted by Gasteiger charge is 2.18. The molecule has 0 spiro atoms. The molecule has 1 heterocycles. The van der Waals surface area contributed by atoms with Gasteiger partial charge in [-0.15, -0.1) is 0 Å². The van der Waals surface area contributed by atoms with Crippen LogP contribution in [0.4, 0.5) is 5.69 Å². The van der Waals surface area contributed by atoms with Gasteiger partial charge in [-0.1, -0.05) is 42.0 Å². The highest BCUT2D eigenvalue weighted by Crippen LogP contribution is 2.24. The third-order valence-electron chi connectivity index (χ3n) is 3.88. The molecule has 0 saturated heterocycles. The summed E-state index contributed by atoms with van der Waals surface area (Å²) in [5.41, 5.74) is 4.87. The Hall–Kier alpha value is -3.21. The van der Waals surface area contributed by atoms with Crippen molar-refractivity contribution in [2.24, 2.45) is 0 Å². The Balaban J connectivity index is 1.74. The molecule has 0 aliphatic rings. The van der Waals surface area contributed by atoms with Gasteiger partial charge in [-0.3, -0.25) is 25.2 Å². The average Bonchev–Trinajstić information content (AvgIpc) is 2.74. The van der Waals surface area contributed by atoms with Crippen molar-refractivity contribution in [1.82, 2.24) is 15.8 Å². The van der Waals surface area contributed by atoms with Crippen LogP contribution in [0.3, 0.4) is 0 Å². The minimum atomic E-state index is -3.99. The molecule has 3 rings (SSSR count). The van der Waals surface area contributed by atoms with Gasteiger partial charge in [0.25, 0.3) is 21.8 Å². The van der Waals surface area contributed by atoms with Crippen LogP contribution in [0, 0.1) is 4.64 Å². The Bertz CT molecular complexity index is 1280. The minimum absolute atomic E-state index is 0.0237. The van der Waals surface area contributed by atoms with E-state index in [1.807, 2.05) is 0 Å². The number of nitrogens with one attached hydrogen (secondary N) is 4. The van der Waals surface area contributed by atoms with Gasteiger partial charge in [0, 0.05) is 11.8 Å². The number of halogens is 1. The van der Waals surface area contributed by atoms with Gasteiger partial charge in [0.05, 0.1) is 21.2 Å². The Morgan fingerprint density at radius 1 is 0.933 bits per heavy atom. The quantitative estimate of drug-likeness (QED) is 0.342. The predicted molar refractivity (Wildman–Crippen MR) is 115 cm³/mol. The summed E-state index contributed by atoms with van der Waals surface area (Å²) in [4.78, 5) is 27.1. The number of hydrazine groups is 1. The van der Waals surface area contributed by atoms with Crippen molar-refractivity contribution in [1.29, 1.82) is 0 Å². The third kappa shape index (κ3) is 5.03. The number of rotatable bonds is 5. The molecule has 0 aliphatic carbocycles. The molecule has 0 aliphatic heterocycles. The number of pyridine rings is 1. The van der Waals surface area contributed by atoms with Crippen LogP contribution in [0.1, 0.15) is 20.7 Å². The molecule has 3 aromatic rings. The Morgan fingerprint density at radius 3 is 2.40 bits per heavy atom. The lowest BCUT2D eigenvalue weighted by Crippen LogP contribution is -2.41. The van der Waals surface area contributed by atoms with Gasteiger partial charge >= 0.3 is 0 Å². The number of hydrogen-bond acceptors (Lipinski definition) is 5. The molecule has 2 amide bonds. The Kier molecular flexibility index (Phi) is 6.50. The normalized spacial score (nSPS) is 10.8. The Morgan fingerprint density at radius 2 is 1.67 bits per heavy atom. The van der Waals surface area contributed by atoms with E-state index in [9.17, 15) is 18.0 Å². The molecular formula is C19H15ClN4O4S2. The van der Waals surface area contributed by atoms with Crippen molar-refractivity contribution >= 4 is 51.3 Å². The second kappa shape index (κ2) is 9.08. The number of para-hydroxylation sites is 1. The first kappa shape index (κ1) is 21.5. The van der Waals surface area contributed by atoms with E-state index in [1.165, 1.54) is 36.4 Å². The fourth-order valence-electron chi connectivity index (χ4n) is 2.41. The molecule has 11 heteroatoms. The number of carbonyl (C=O) groups excluding carboxylic acids is 2. The van der Waals surface area contributed by atoms with Crippen LogP contribution in [0.2, 0.25) is 5.02 Å². The number of carbonyl (C=O) groups is 2. The molecule has 30 heavy (non-hydrogen) atoms. The number of H-pyrrole nitrogens is 1.